The Morgan fingerprint density at radius 1 is 0.689 bits per heavy atom. The lowest BCUT2D eigenvalue weighted by atomic mass is 10.0. The molecule has 0 saturated carbocycles. The lowest BCUT2D eigenvalue weighted by molar-refractivity contribution is 0.119. The smallest absolute Gasteiger partial charge is 0.203 e. The first-order chi connectivity index (χ1) is 21.9. The molecule has 4 aromatic rings. The third-order valence-electron chi connectivity index (χ3n) is 8.59. The summed E-state index contributed by atoms with van der Waals surface area (Å²) < 4.78 is 27.7. The van der Waals surface area contributed by atoms with Gasteiger partial charge in [-0.3, -0.25) is 19.8 Å². The minimum Gasteiger partial charge on any atom is -0.493 e. The Morgan fingerprint density at radius 2 is 1.20 bits per heavy atom. The van der Waals surface area contributed by atoms with Crippen LogP contribution in [0.25, 0.3) is 22.5 Å². The molecule has 0 amide bonds. The predicted molar refractivity (Wildman–Crippen MR) is 177 cm³/mol. The molecule has 1 aliphatic heterocycles. The highest BCUT2D eigenvalue weighted by Crippen LogP contribution is 2.41. The fourth-order valence-corrected chi connectivity index (χ4v) is 6.19. The third kappa shape index (κ3) is 7.32. The van der Waals surface area contributed by atoms with Crippen LogP contribution in [0.2, 0.25) is 0 Å². The largest absolute Gasteiger partial charge is 0.493 e. The monoisotopic (exact) mass is 612 g/mol. The molecule has 1 fully saturated rings. The number of methoxy groups -OCH3 is 5. The highest BCUT2D eigenvalue weighted by Gasteiger charge is 2.23. The molecule has 45 heavy (non-hydrogen) atoms. The van der Waals surface area contributed by atoms with Gasteiger partial charge in [0.05, 0.1) is 46.9 Å². The number of aryl methyl sites for hydroxylation is 1. The Kier molecular flexibility index (Phi) is 10.4. The lowest BCUT2D eigenvalue weighted by Gasteiger charge is -2.37. The molecule has 0 radical (unpaired) electrons. The summed E-state index contributed by atoms with van der Waals surface area (Å²) in [7, 11) is 10.4. The van der Waals surface area contributed by atoms with Gasteiger partial charge in [-0.25, -0.2) is 0 Å². The molecule has 5 rings (SSSR count). The van der Waals surface area contributed by atoms with Crippen LogP contribution >= 0.6 is 0 Å². The van der Waals surface area contributed by atoms with E-state index in [0.717, 1.165) is 78.6 Å². The third-order valence-corrected chi connectivity index (χ3v) is 8.59. The van der Waals surface area contributed by atoms with Crippen molar-refractivity contribution in [2.24, 2.45) is 0 Å². The average molecular weight is 613 g/mol. The van der Waals surface area contributed by atoms with Crippen molar-refractivity contribution in [1.82, 2.24) is 19.8 Å². The number of hydrogen-bond donors (Lipinski definition) is 0. The quantitative estimate of drug-likeness (QED) is 0.184. The van der Waals surface area contributed by atoms with Gasteiger partial charge in [0.25, 0.3) is 0 Å². The fourth-order valence-electron chi connectivity index (χ4n) is 6.19. The maximum Gasteiger partial charge on any atom is 0.203 e. The minimum atomic E-state index is 0.516. The van der Waals surface area contributed by atoms with E-state index in [1.165, 1.54) is 11.1 Å². The molecule has 0 spiro atoms. The van der Waals surface area contributed by atoms with E-state index in [1.54, 1.807) is 35.5 Å². The summed E-state index contributed by atoms with van der Waals surface area (Å²) in [6, 6.07) is 17.0. The van der Waals surface area contributed by atoms with Crippen molar-refractivity contribution in [2.45, 2.75) is 38.9 Å². The molecule has 0 aliphatic carbocycles. The van der Waals surface area contributed by atoms with Crippen LogP contribution in [0.5, 0.6) is 28.7 Å². The highest BCUT2D eigenvalue weighted by molar-refractivity contribution is 5.69. The van der Waals surface area contributed by atoms with E-state index in [2.05, 4.69) is 57.1 Å². The van der Waals surface area contributed by atoms with Crippen LogP contribution in [-0.4, -0.2) is 81.5 Å². The number of ether oxygens (including phenoxy) is 5. The van der Waals surface area contributed by atoms with E-state index in [0.29, 0.717) is 23.3 Å². The highest BCUT2D eigenvalue weighted by atomic mass is 16.5. The molecule has 0 N–H and O–H groups in total. The number of piperidine rings is 1. The van der Waals surface area contributed by atoms with Gasteiger partial charge in [0, 0.05) is 42.7 Å². The molecule has 0 atom stereocenters. The van der Waals surface area contributed by atoms with E-state index in [4.69, 9.17) is 23.7 Å². The molecular formula is C36H44N4O5. The van der Waals surface area contributed by atoms with Crippen molar-refractivity contribution in [3.05, 3.63) is 77.6 Å². The molecule has 2 aromatic carbocycles. The van der Waals surface area contributed by atoms with Gasteiger partial charge in [-0.05, 0) is 105 Å². The van der Waals surface area contributed by atoms with E-state index in [9.17, 15) is 0 Å². The zero-order valence-corrected chi connectivity index (χ0v) is 27.4. The molecule has 1 saturated heterocycles. The van der Waals surface area contributed by atoms with Gasteiger partial charge in [-0.1, -0.05) is 0 Å². The van der Waals surface area contributed by atoms with Crippen LogP contribution in [0.1, 0.15) is 29.5 Å². The van der Waals surface area contributed by atoms with Crippen molar-refractivity contribution in [3.8, 4) is 51.3 Å². The molecule has 9 heteroatoms. The zero-order chi connectivity index (χ0) is 31.9. The summed E-state index contributed by atoms with van der Waals surface area (Å²) >= 11 is 0. The summed E-state index contributed by atoms with van der Waals surface area (Å²) in [6.07, 6.45) is 6.01. The van der Waals surface area contributed by atoms with Crippen molar-refractivity contribution in [3.63, 3.8) is 0 Å². The lowest BCUT2D eigenvalue weighted by Crippen LogP contribution is -2.42. The first kappa shape index (κ1) is 32.1. The number of hydrogen-bond acceptors (Lipinski definition) is 9. The molecule has 0 bridgehead atoms. The molecule has 0 unspecified atom stereocenters. The van der Waals surface area contributed by atoms with Crippen molar-refractivity contribution in [2.75, 3.05) is 55.7 Å². The van der Waals surface area contributed by atoms with E-state index in [-0.39, 0.29) is 0 Å². The second-order valence-electron chi connectivity index (χ2n) is 11.5. The Bertz CT molecular complexity index is 1580. The van der Waals surface area contributed by atoms with Crippen molar-refractivity contribution in [1.29, 1.82) is 0 Å². The van der Waals surface area contributed by atoms with Gasteiger partial charge < -0.3 is 23.7 Å². The first-order valence-corrected chi connectivity index (χ1v) is 15.2. The van der Waals surface area contributed by atoms with Crippen LogP contribution in [0, 0.1) is 6.92 Å². The van der Waals surface area contributed by atoms with Gasteiger partial charge in [0.15, 0.2) is 23.0 Å². The Balaban J connectivity index is 1.20. The molecule has 9 nitrogen and oxygen atoms in total. The maximum absolute atomic E-state index is 5.57. The van der Waals surface area contributed by atoms with Gasteiger partial charge >= 0.3 is 0 Å². The average Bonchev–Trinajstić information content (AvgIpc) is 3.07. The van der Waals surface area contributed by atoms with E-state index in [1.807, 2.05) is 37.5 Å². The minimum absolute atomic E-state index is 0.516. The summed E-state index contributed by atoms with van der Waals surface area (Å²) in [6.45, 7) is 5.88. The molecule has 2 aromatic heterocycles. The number of likely N-dealkylation sites (tertiary alicyclic amines) is 1. The van der Waals surface area contributed by atoms with Gasteiger partial charge in [0.1, 0.15) is 0 Å². The van der Waals surface area contributed by atoms with Gasteiger partial charge in [-0.2, -0.15) is 0 Å². The normalized spacial score (nSPS) is 14.0. The van der Waals surface area contributed by atoms with Gasteiger partial charge in [-0.15, -0.1) is 0 Å². The SMILES string of the molecule is COc1cc(-c2cc(CN3CCC(N(C)Cc4ccnc(-c5cc(OC)c(OC)c(OC)c5)c4)CC3)ccn2)cc(C)c1OC. The van der Waals surface area contributed by atoms with Crippen LogP contribution < -0.4 is 23.7 Å². The number of rotatable bonds is 12. The van der Waals surface area contributed by atoms with Crippen molar-refractivity contribution < 1.29 is 23.7 Å². The predicted octanol–water partition coefficient (Wildman–Crippen LogP) is 6.26. The molecule has 1 aliphatic rings. The molecule has 3 heterocycles. The molecular weight excluding hydrogens is 568 g/mol. The van der Waals surface area contributed by atoms with E-state index < -0.39 is 0 Å². The second-order valence-corrected chi connectivity index (χ2v) is 11.5. The first-order valence-electron chi connectivity index (χ1n) is 15.2. The number of aromatic nitrogens is 2. The molecule has 238 valence electrons. The van der Waals surface area contributed by atoms with Crippen molar-refractivity contribution >= 4 is 0 Å². The van der Waals surface area contributed by atoms with Crippen LogP contribution in [0.15, 0.2) is 60.9 Å². The second kappa shape index (κ2) is 14.6. The van der Waals surface area contributed by atoms with Crippen LogP contribution in [0.4, 0.5) is 0 Å². The maximum atomic E-state index is 5.57. The Labute approximate surface area is 266 Å². The number of benzene rings is 2. The summed E-state index contributed by atoms with van der Waals surface area (Å²) in [5.74, 6) is 3.27. The fraction of sp³-hybridized carbons (Fsp3) is 0.389. The topological polar surface area (TPSA) is 78.4 Å². The Hall–Kier alpha value is -4.34. The summed E-state index contributed by atoms with van der Waals surface area (Å²) in [4.78, 5) is 14.3. The van der Waals surface area contributed by atoms with Crippen LogP contribution in [-0.2, 0) is 13.1 Å². The summed E-state index contributed by atoms with van der Waals surface area (Å²) in [5.41, 5.74) is 7.25. The van der Waals surface area contributed by atoms with Gasteiger partial charge in [0.2, 0.25) is 5.75 Å². The summed E-state index contributed by atoms with van der Waals surface area (Å²) in [5, 5.41) is 0. The zero-order valence-electron chi connectivity index (χ0n) is 27.4. The standard InChI is InChI=1S/C36H44N4O5/c1-24-16-27(19-32(41-3)35(24)44-6)30-18-26(9-13-37-30)23-40-14-10-29(11-15-40)39(2)22-25-8-12-38-31(17-25)28-20-33(42-4)36(45-7)34(21-28)43-5/h8-9,12-13,16-21,29H,10-11,14-15,22-23H2,1-7H3. The van der Waals surface area contributed by atoms with Crippen LogP contribution in [0.3, 0.4) is 0 Å². The number of nitrogens with zero attached hydrogens (tertiary/aromatic N) is 4. The van der Waals surface area contributed by atoms with E-state index >= 15 is 0 Å². The number of pyridine rings is 2. The Morgan fingerprint density at radius 3 is 1.76 bits per heavy atom.